The maximum absolute atomic E-state index is 3.63. The lowest BCUT2D eigenvalue weighted by atomic mass is 9.89. The Labute approximate surface area is 122 Å². The minimum absolute atomic E-state index is 0.268. The van der Waals surface area contributed by atoms with Gasteiger partial charge >= 0.3 is 0 Å². The number of benzene rings is 2. The van der Waals surface area contributed by atoms with Gasteiger partial charge in [0.15, 0.2) is 0 Å². The summed E-state index contributed by atoms with van der Waals surface area (Å²) < 4.78 is 1.12. The fourth-order valence-electron chi connectivity index (χ4n) is 2.78. The van der Waals surface area contributed by atoms with Gasteiger partial charge in [0, 0.05) is 23.8 Å². The zero-order valence-electron chi connectivity index (χ0n) is 10.9. The molecule has 98 valence electrons. The van der Waals surface area contributed by atoms with Crippen LogP contribution < -0.4 is 10.6 Å². The predicted octanol–water partition coefficient (Wildman–Crippen LogP) is 3.73. The molecule has 0 fully saturated rings. The minimum atomic E-state index is 0.268. The van der Waals surface area contributed by atoms with Crippen LogP contribution in [0, 0.1) is 0 Å². The van der Waals surface area contributed by atoms with Crippen molar-refractivity contribution in [3.8, 4) is 0 Å². The Bertz CT molecular complexity index is 595. The number of halogens is 1. The highest BCUT2D eigenvalue weighted by Gasteiger charge is 2.22. The van der Waals surface area contributed by atoms with Crippen LogP contribution in [0.4, 0.5) is 5.69 Å². The van der Waals surface area contributed by atoms with Crippen LogP contribution in [0.5, 0.6) is 0 Å². The van der Waals surface area contributed by atoms with E-state index >= 15 is 0 Å². The zero-order chi connectivity index (χ0) is 13.2. The Balaban J connectivity index is 2.11. The molecular weight excluding hydrogens is 300 g/mol. The lowest BCUT2D eigenvalue weighted by molar-refractivity contribution is 0.568. The lowest BCUT2D eigenvalue weighted by Crippen LogP contribution is -2.31. The summed E-state index contributed by atoms with van der Waals surface area (Å²) in [7, 11) is 1.97. The number of anilines is 1. The van der Waals surface area contributed by atoms with Crippen molar-refractivity contribution in [1.29, 1.82) is 0 Å². The third-order valence-electron chi connectivity index (χ3n) is 3.70. The van der Waals surface area contributed by atoms with Gasteiger partial charge in [0.25, 0.3) is 0 Å². The quantitative estimate of drug-likeness (QED) is 0.882. The first-order valence-electron chi connectivity index (χ1n) is 6.58. The molecule has 2 aromatic rings. The van der Waals surface area contributed by atoms with Gasteiger partial charge in [0.2, 0.25) is 0 Å². The number of fused-ring (bicyclic) bond motifs is 1. The van der Waals surface area contributed by atoms with E-state index in [9.17, 15) is 0 Å². The van der Waals surface area contributed by atoms with Gasteiger partial charge < -0.3 is 10.6 Å². The Hall–Kier alpha value is -1.32. The summed E-state index contributed by atoms with van der Waals surface area (Å²) in [6.07, 6.45) is 1.11. The van der Waals surface area contributed by atoms with Gasteiger partial charge in [-0.2, -0.15) is 0 Å². The number of nitrogens with one attached hydrogen (secondary N) is 2. The van der Waals surface area contributed by atoms with Crippen LogP contribution in [0.15, 0.2) is 46.9 Å². The van der Waals surface area contributed by atoms with E-state index in [1.807, 2.05) is 7.05 Å². The summed E-state index contributed by atoms with van der Waals surface area (Å²) in [5.41, 5.74) is 5.32. The first-order chi connectivity index (χ1) is 9.29. The molecule has 0 spiro atoms. The molecule has 0 amide bonds. The second-order valence-electron chi connectivity index (χ2n) is 4.82. The van der Waals surface area contributed by atoms with Crippen molar-refractivity contribution in [2.24, 2.45) is 0 Å². The summed E-state index contributed by atoms with van der Waals surface area (Å²) in [6, 6.07) is 15.4. The average Bonchev–Trinajstić information content (AvgIpc) is 2.46. The molecule has 0 unspecified atom stereocenters. The SMILES string of the molecule is CNc1ccc(Br)cc1[C@H]1NCCc2ccccc21. The van der Waals surface area contributed by atoms with Gasteiger partial charge in [-0.1, -0.05) is 40.2 Å². The normalized spacial score (nSPS) is 17.9. The molecule has 3 rings (SSSR count). The van der Waals surface area contributed by atoms with E-state index in [4.69, 9.17) is 0 Å². The molecule has 1 heterocycles. The van der Waals surface area contributed by atoms with Crippen molar-refractivity contribution in [2.45, 2.75) is 12.5 Å². The third-order valence-corrected chi connectivity index (χ3v) is 4.20. The van der Waals surface area contributed by atoms with Crippen LogP contribution in [-0.4, -0.2) is 13.6 Å². The molecule has 0 aromatic heterocycles. The van der Waals surface area contributed by atoms with Crippen molar-refractivity contribution in [3.05, 3.63) is 63.6 Å². The standard InChI is InChI=1S/C16H17BrN2/c1-18-15-7-6-12(17)10-14(15)16-13-5-3-2-4-11(13)8-9-19-16/h2-7,10,16,18-19H,8-9H2,1H3/t16-/m0/s1. The molecule has 0 radical (unpaired) electrons. The second-order valence-corrected chi connectivity index (χ2v) is 5.73. The molecule has 0 aliphatic carbocycles. The molecule has 3 heteroatoms. The van der Waals surface area contributed by atoms with Gasteiger partial charge in [-0.3, -0.25) is 0 Å². The average molecular weight is 317 g/mol. The summed E-state index contributed by atoms with van der Waals surface area (Å²) >= 11 is 3.58. The van der Waals surface area contributed by atoms with Gasteiger partial charge in [-0.05, 0) is 41.3 Å². The summed E-state index contributed by atoms with van der Waals surface area (Å²) in [6.45, 7) is 1.03. The van der Waals surface area contributed by atoms with E-state index in [1.165, 1.54) is 22.4 Å². The van der Waals surface area contributed by atoms with E-state index in [2.05, 4.69) is 69.0 Å². The van der Waals surface area contributed by atoms with Gasteiger partial charge in [0.1, 0.15) is 0 Å². The molecular formula is C16H17BrN2. The van der Waals surface area contributed by atoms with Gasteiger partial charge in [0.05, 0.1) is 6.04 Å². The highest BCUT2D eigenvalue weighted by atomic mass is 79.9. The fraction of sp³-hybridized carbons (Fsp3) is 0.250. The summed E-state index contributed by atoms with van der Waals surface area (Å²) in [5.74, 6) is 0. The maximum Gasteiger partial charge on any atom is 0.0600 e. The van der Waals surface area contributed by atoms with Gasteiger partial charge in [-0.15, -0.1) is 0 Å². The van der Waals surface area contributed by atoms with Crippen molar-refractivity contribution in [3.63, 3.8) is 0 Å². The maximum atomic E-state index is 3.63. The molecule has 0 saturated carbocycles. The van der Waals surface area contributed by atoms with Crippen molar-refractivity contribution in [2.75, 3.05) is 18.9 Å². The number of hydrogen-bond donors (Lipinski definition) is 2. The van der Waals surface area contributed by atoms with Crippen LogP contribution in [0.3, 0.4) is 0 Å². The zero-order valence-corrected chi connectivity index (χ0v) is 12.5. The summed E-state index contributed by atoms with van der Waals surface area (Å²) in [5, 5.41) is 6.92. The van der Waals surface area contributed by atoms with Crippen molar-refractivity contribution >= 4 is 21.6 Å². The Morgan fingerprint density at radius 3 is 2.84 bits per heavy atom. The van der Waals surface area contributed by atoms with Crippen LogP contribution in [0.1, 0.15) is 22.7 Å². The van der Waals surface area contributed by atoms with E-state index in [-0.39, 0.29) is 6.04 Å². The molecule has 1 aliphatic heterocycles. The highest BCUT2D eigenvalue weighted by Crippen LogP contribution is 2.34. The van der Waals surface area contributed by atoms with Gasteiger partial charge in [-0.25, -0.2) is 0 Å². The molecule has 0 bridgehead atoms. The highest BCUT2D eigenvalue weighted by molar-refractivity contribution is 9.10. The molecule has 2 nitrogen and oxygen atoms in total. The van der Waals surface area contributed by atoms with Crippen molar-refractivity contribution in [1.82, 2.24) is 5.32 Å². The number of rotatable bonds is 2. The molecule has 0 saturated heterocycles. The molecule has 2 N–H and O–H groups in total. The van der Waals surface area contributed by atoms with E-state index in [0.717, 1.165) is 17.4 Å². The first kappa shape index (κ1) is 12.7. The Kier molecular flexibility index (Phi) is 3.58. The molecule has 1 atom stereocenters. The Morgan fingerprint density at radius 1 is 1.16 bits per heavy atom. The third kappa shape index (κ3) is 2.40. The fourth-order valence-corrected chi connectivity index (χ4v) is 3.16. The van der Waals surface area contributed by atoms with Crippen LogP contribution in [0.2, 0.25) is 0 Å². The molecule has 1 aliphatic rings. The molecule has 2 aromatic carbocycles. The monoisotopic (exact) mass is 316 g/mol. The smallest absolute Gasteiger partial charge is 0.0600 e. The largest absolute Gasteiger partial charge is 0.388 e. The minimum Gasteiger partial charge on any atom is -0.388 e. The van der Waals surface area contributed by atoms with E-state index in [1.54, 1.807) is 0 Å². The van der Waals surface area contributed by atoms with E-state index in [0.29, 0.717) is 0 Å². The second kappa shape index (κ2) is 5.35. The lowest BCUT2D eigenvalue weighted by Gasteiger charge is -2.29. The molecule has 19 heavy (non-hydrogen) atoms. The Morgan fingerprint density at radius 2 is 2.00 bits per heavy atom. The van der Waals surface area contributed by atoms with Crippen LogP contribution in [-0.2, 0) is 6.42 Å². The van der Waals surface area contributed by atoms with Crippen molar-refractivity contribution < 1.29 is 0 Å². The number of hydrogen-bond acceptors (Lipinski definition) is 2. The van der Waals surface area contributed by atoms with Crippen LogP contribution >= 0.6 is 15.9 Å². The summed E-state index contributed by atoms with van der Waals surface area (Å²) in [4.78, 5) is 0. The topological polar surface area (TPSA) is 24.1 Å². The van der Waals surface area contributed by atoms with Crippen LogP contribution in [0.25, 0.3) is 0 Å². The first-order valence-corrected chi connectivity index (χ1v) is 7.37. The predicted molar refractivity (Wildman–Crippen MR) is 83.7 cm³/mol. The van der Waals surface area contributed by atoms with E-state index < -0.39 is 0 Å².